The number of aliphatic hydroxyl groups excluding tert-OH is 1. The van der Waals surface area contributed by atoms with Crippen molar-refractivity contribution in [3.63, 3.8) is 0 Å². The van der Waals surface area contributed by atoms with Gasteiger partial charge in [-0.15, -0.1) is 12.4 Å². The number of hydrogen-bond donors (Lipinski definition) is 2. The quantitative estimate of drug-likeness (QED) is 0.853. The maximum absolute atomic E-state index is 9.39. The summed E-state index contributed by atoms with van der Waals surface area (Å²) in [5.41, 5.74) is 8.00. The SMILES string of the molecule is CC(C)(CO)[C@H](N)c1ccc(OCc2ccccc2)cc1.Cl. The molecule has 2 aromatic rings. The van der Waals surface area contributed by atoms with Crippen LogP contribution in [0.4, 0.5) is 0 Å². The van der Waals surface area contributed by atoms with Crippen LogP contribution >= 0.6 is 12.4 Å². The average molecular weight is 322 g/mol. The molecular weight excluding hydrogens is 298 g/mol. The number of halogens is 1. The van der Waals surface area contributed by atoms with Crippen LogP contribution in [0.2, 0.25) is 0 Å². The van der Waals surface area contributed by atoms with Crippen LogP contribution in [0.1, 0.15) is 31.0 Å². The summed E-state index contributed by atoms with van der Waals surface area (Å²) < 4.78 is 5.75. The smallest absolute Gasteiger partial charge is 0.119 e. The van der Waals surface area contributed by atoms with E-state index in [1.165, 1.54) is 0 Å². The summed E-state index contributed by atoms with van der Waals surface area (Å²) >= 11 is 0. The highest BCUT2D eigenvalue weighted by Crippen LogP contribution is 2.31. The van der Waals surface area contributed by atoms with Crippen LogP contribution in [0.15, 0.2) is 54.6 Å². The standard InChI is InChI=1S/C18H23NO2.ClH/c1-18(2,13-20)17(19)15-8-10-16(11-9-15)21-12-14-6-4-3-5-7-14;/h3-11,17,20H,12-13,19H2,1-2H3;1H/t17-;/m1./s1. The van der Waals surface area contributed by atoms with Crippen LogP contribution in [0.25, 0.3) is 0 Å². The molecule has 2 aromatic carbocycles. The summed E-state index contributed by atoms with van der Waals surface area (Å²) in [5, 5.41) is 9.39. The van der Waals surface area contributed by atoms with E-state index in [1.807, 2.05) is 68.4 Å². The van der Waals surface area contributed by atoms with E-state index >= 15 is 0 Å². The van der Waals surface area contributed by atoms with Crippen LogP contribution in [-0.2, 0) is 6.61 Å². The minimum Gasteiger partial charge on any atom is -0.489 e. The Kier molecular flexibility index (Phi) is 6.88. The fourth-order valence-electron chi connectivity index (χ4n) is 2.06. The molecule has 0 aromatic heterocycles. The zero-order valence-electron chi connectivity index (χ0n) is 13.0. The molecule has 0 fully saturated rings. The Labute approximate surface area is 138 Å². The van der Waals surface area contributed by atoms with Gasteiger partial charge in [0.05, 0.1) is 0 Å². The van der Waals surface area contributed by atoms with Crippen LogP contribution in [-0.4, -0.2) is 11.7 Å². The predicted octanol–water partition coefficient (Wildman–Crippen LogP) is 3.71. The minimum absolute atomic E-state index is 0. The van der Waals surface area contributed by atoms with E-state index in [4.69, 9.17) is 10.5 Å². The second-order valence-corrected chi connectivity index (χ2v) is 5.97. The summed E-state index contributed by atoms with van der Waals surface area (Å²) in [6.45, 7) is 4.52. The Bertz CT molecular complexity index is 555. The lowest BCUT2D eigenvalue weighted by molar-refractivity contribution is 0.132. The molecule has 0 saturated carbocycles. The summed E-state index contributed by atoms with van der Waals surface area (Å²) in [7, 11) is 0. The van der Waals surface area contributed by atoms with Crippen LogP contribution < -0.4 is 10.5 Å². The summed E-state index contributed by atoms with van der Waals surface area (Å²) in [4.78, 5) is 0. The van der Waals surface area contributed by atoms with Crippen molar-refractivity contribution in [1.82, 2.24) is 0 Å². The first kappa shape index (κ1) is 18.5. The molecule has 0 radical (unpaired) electrons. The van der Waals surface area contributed by atoms with E-state index in [0.717, 1.165) is 16.9 Å². The molecule has 4 heteroatoms. The monoisotopic (exact) mass is 321 g/mol. The Morgan fingerprint density at radius 1 is 1.05 bits per heavy atom. The Hall–Kier alpha value is -1.55. The Morgan fingerprint density at radius 3 is 2.18 bits per heavy atom. The van der Waals surface area contributed by atoms with Gasteiger partial charge in [-0.25, -0.2) is 0 Å². The zero-order valence-corrected chi connectivity index (χ0v) is 13.8. The van der Waals surface area contributed by atoms with Crippen molar-refractivity contribution in [2.75, 3.05) is 6.61 Å². The van der Waals surface area contributed by atoms with Gasteiger partial charge in [-0.05, 0) is 23.3 Å². The molecule has 22 heavy (non-hydrogen) atoms. The molecule has 2 rings (SSSR count). The molecule has 0 spiro atoms. The zero-order chi connectivity index (χ0) is 15.3. The number of rotatable bonds is 6. The molecule has 0 aliphatic carbocycles. The maximum atomic E-state index is 9.39. The molecular formula is C18H24ClNO2. The Morgan fingerprint density at radius 2 is 1.64 bits per heavy atom. The fourth-order valence-corrected chi connectivity index (χ4v) is 2.06. The summed E-state index contributed by atoms with van der Waals surface area (Å²) in [6, 6.07) is 17.6. The van der Waals surface area contributed by atoms with Gasteiger partial charge >= 0.3 is 0 Å². The number of nitrogens with two attached hydrogens (primary N) is 1. The third kappa shape index (κ3) is 4.73. The molecule has 0 aliphatic heterocycles. The molecule has 120 valence electrons. The molecule has 0 aliphatic rings. The van der Waals surface area contributed by atoms with Crippen molar-refractivity contribution >= 4 is 12.4 Å². The van der Waals surface area contributed by atoms with Crippen LogP contribution in [0, 0.1) is 5.41 Å². The summed E-state index contributed by atoms with van der Waals surface area (Å²) in [6.07, 6.45) is 0. The second kappa shape index (κ2) is 8.18. The van der Waals surface area contributed by atoms with Crippen molar-refractivity contribution < 1.29 is 9.84 Å². The van der Waals surface area contributed by atoms with Crippen molar-refractivity contribution in [2.45, 2.75) is 26.5 Å². The predicted molar refractivity (Wildman–Crippen MR) is 92.3 cm³/mol. The third-order valence-corrected chi connectivity index (χ3v) is 3.74. The van der Waals surface area contributed by atoms with E-state index in [1.54, 1.807) is 0 Å². The third-order valence-electron chi connectivity index (χ3n) is 3.74. The summed E-state index contributed by atoms with van der Waals surface area (Å²) in [5.74, 6) is 0.816. The van der Waals surface area contributed by atoms with E-state index in [-0.39, 0.29) is 30.5 Å². The lowest BCUT2D eigenvalue weighted by atomic mass is 9.82. The van der Waals surface area contributed by atoms with Gasteiger partial charge in [0.25, 0.3) is 0 Å². The molecule has 0 bridgehead atoms. The average Bonchev–Trinajstić information content (AvgIpc) is 2.53. The van der Waals surface area contributed by atoms with Crippen molar-refractivity contribution in [2.24, 2.45) is 11.1 Å². The highest BCUT2D eigenvalue weighted by Gasteiger charge is 2.26. The molecule has 3 nitrogen and oxygen atoms in total. The van der Waals surface area contributed by atoms with E-state index in [9.17, 15) is 5.11 Å². The van der Waals surface area contributed by atoms with Gasteiger partial charge < -0.3 is 15.6 Å². The minimum atomic E-state index is -0.341. The van der Waals surface area contributed by atoms with Crippen LogP contribution in [0.5, 0.6) is 5.75 Å². The highest BCUT2D eigenvalue weighted by molar-refractivity contribution is 5.85. The van der Waals surface area contributed by atoms with Gasteiger partial charge in [0.1, 0.15) is 12.4 Å². The van der Waals surface area contributed by atoms with Crippen molar-refractivity contribution in [3.05, 3.63) is 65.7 Å². The van der Waals surface area contributed by atoms with Crippen LogP contribution in [0.3, 0.4) is 0 Å². The van der Waals surface area contributed by atoms with Gasteiger partial charge in [-0.1, -0.05) is 56.3 Å². The van der Waals surface area contributed by atoms with Crippen molar-refractivity contribution in [3.8, 4) is 5.75 Å². The van der Waals surface area contributed by atoms with Crippen molar-refractivity contribution in [1.29, 1.82) is 0 Å². The Balaban J connectivity index is 0.00000242. The van der Waals surface area contributed by atoms with E-state index in [2.05, 4.69) is 0 Å². The molecule has 0 saturated heterocycles. The first-order valence-electron chi connectivity index (χ1n) is 7.16. The fraction of sp³-hybridized carbons (Fsp3) is 0.333. The van der Waals surface area contributed by atoms with Gasteiger partial charge in [0.15, 0.2) is 0 Å². The molecule has 0 amide bonds. The lowest BCUT2D eigenvalue weighted by Crippen LogP contribution is -2.32. The largest absolute Gasteiger partial charge is 0.489 e. The van der Waals surface area contributed by atoms with Gasteiger partial charge in [0, 0.05) is 18.1 Å². The molecule has 1 atom stereocenters. The van der Waals surface area contributed by atoms with Gasteiger partial charge in [-0.2, -0.15) is 0 Å². The highest BCUT2D eigenvalue weighted by atomic mass is 35.5. The number of aliphatic hydroxyl groups is 1. The van der Waals surface area contributed by atoms with Gasteiger partial charge in [-0.3, -0.25) is 0 Å². The molecule has 0 heterocycles. The van der Waals surface area contributed by atoms with Gasteiger partial charge in [0.2, 0.25) is 0 Å². The van der Waals surface area contributed by atoms with E-state index < -0.39 is 0 Å². The van der Waals surface area contributed by atoms with E-state index in [0.29, 0.717) is 6.61 Å². The molecule has 3 N–H and O–H groups in total. The lowest BCUT2D eigenvalue weighted by Gasteiger charge is -2.29. The number of ether oxygens (including phenoxy) is 1. The molecule has 0 unspecified atom stereocenters. The topological polar surface area (TPSA) is 55.5 Å². The first-order chi connectivity index (χ1) is 10.0. The maximum Gasteiger partial charge on any atom is 0.119 e. The number of benzene rings is 2. The number of hydrogen-bond acceptors (Lipinski definition) is 3. The first-order valence-corrected chi connectivity index (χ1v) is 7.16. The second-order valence-electron chi connectivity index (χ2n) is 5.97. The normalized spacial score (nSPS) is 12.4.